The largest absolute Gasteiger partial charge is 0.454 e. The number of benzene rings is 2. The summed E-state index contributed by atoms with van der Waals surface area (Å²) >= 11 is 0. The van der Waals surface area contributed by atoms with Crippen LogP contribution in [0.1, 0.15) is 16.7 Å². The molecule has 0 radical (unpaired) electrons. The number of nitrogens with one attached hydrogen (secondary N) is 1. The van der Waals surface area contributed by atoms with Crippen molar-refractivity contribution in [2.45, 2.75) is 26.6 Å². The number of fused-ring (bicyclic) bond motifs is 2. The number of amides is 1. The van der Waals surface area contributed by atoms with Crippen molar-refractivity contribution in [1.29, 1.82) is 0 Å². The van der Waals surface area contributed by atoms with E-state index in [1.807, 2.05) is 31.2 Å². The third-order valence-corrected chi connectivity index (χ3v) is 5.68. The van der Waals surface area contributed by atoms with Crippen LogP contribution in [0.4, 0.5) is 0 Å². The van der Waals surface area contributed by atoms with E-state index in [2.05, 4.69) is 10.3 Å². The van der Waals surface area contributed by atoms with Gasteiger partial charge in [0, 0.05) is 12.7 Å². The van der Waals surface area contributed by atoms with Gasteiger partial charge in [0.1, 0.15) is 6.54 Å². The molecule has 2 aromatic carbocycles. The van der Waals surface area contributed by atoms with Gasteiger partial charge in [-0.05, 0) is 42.3 Å². The Morgan fingerprint density at radius 3 is 2.59 bits per heavy atom. The van der Waals surface area contributed by atoms with E-state index in [1.54, 1.807) is 30.3 Å². The number of hydrogen-bond donors (Lipinski definition) is 1. The Hall–Kier alpha value is -4.40. The number of hydrogen-bond acceptors (Lipinski definition) is 6. The zero-order valence-electron chi connectivity index (χ0n) is 18.5. The van der Waals surface area contributed by atoms with E-state index in [-0.39, 0.29) is 31.3 Å². The number of pyridine rings is 1. The van der Waals surface area contributed by atoms with Gasteiger partial charge in [-0.3, -0.25) is 18.7 Å². The molecule has 3 heterocycles. The third-order valence-electron chi connectivity index (χ3n) is 5.68. The van der Waals surface area contributed by atoms with Crippen molar-refractivity contribution in [3.8, 4) is 11.5 Å². The minimum atomic E-state index is -0.589. The molecule has 0 saturated carbocycles. The zero-order chi connectivity index (χ0) is 23.7. The lowest BCUT2D eigenvalue weighted by atomic mass is 10.1. The minimum Gasteiger partial charge on any atom is -0.454 e. The lowest BCUT2D eigenvalue weighted by Gasteiger charge is -2.14. The Morgan fingerprint density at radius 2 is 1.76 bits per heavy atom. The second kappa shape index (κ2) is 8.86. The van der Waals surface area contributed by atoms with Crippen molar-refractivity contribution in [3.63, 3.8) is 0 Å². The first-order valence-electron chi connectivity index (χ1n) is 10.8. The predicted molar refractivity (Wildman–Crippen MR) is 125 cm³/mol. The predicted octanol–water partition coefficient (Wildman–Crippen LogP) is 1.96. The van der Waals surface area contributed by atoms with E-state index < -0.39 is 11.2 Å². The van der Waals surface area contributed by atoms with Crippen molar-refractivity contribution < 1.29 is 14.3 Å². The number of aromatic nitrogens is 3. The molecule has 2 aromatic heterocycles. The highest BCUT2D eigenvalue weighted by atomic mass is 16.7. The first-order chi connectivity index (χ1) is 16.5. The SMILES string of the molecule is Cc1ccc(CNC(=O)Cn2c(=O)n(Cc3ccc4c(c3)OCO4)c(=O)c3ncccc32)cc1. The Bertz CT molecular complexity index is 1510. The fraction of sp³-hybridized carbons (Fsp3) is 0.200. The van der Waals surface area contributed by atoms with Gasteiger partial charge in [-0.25, -0.2) is 9.78 Å². The van der Waals surface area contributed by atoms with Crippen molar-refractivity contribution >= 4 is 16.9 Å². The quantitative estimate of drug-likeness (QED) is 0.474. The van der Waals surface area contributed by atoms with Crippen LogP contribution in [-0.4, -0.2) is 26.8 Å². The van der Waals surface area contributed by atoms with Crippen LogP contribution in [0.25, 0.3) is 11.0 Å². The molecule has 1 aliphatic heterocycles. The molecule has 1 aliphatic rings. The van der Waals surface area contributed by atoms with Gasteiger partial charge in [0.25, 0.3) is 5.56 Å². The standard InChI is InChI=1S/C25H22N4O5/c1-16-4-6-17(7-5-16)12-27-22(30)14-28-19-3-2-10-26-23(19)24(31)29(25(28)32)13-18-8-9-20-21(11-18)34-15-33-20/h2-11H,12-15H2,1H3,(H,27,30). The van der Waals surface area contributed by atoms with Gasteiger partial charge in [0.05, 0.1) is 12.1 Å². The Morgan fingerprint density at radius 1 is 1.00 bits per heavy atom. The summed E-state index contributed by atoms with van der Waals surface area (Å²) in [6.07, 6.45) is 1.49. The average Bonchev–Trinajstić information content (AvgIpc) is 3.32. The number of carbonyl (C=O) groups is 1. The van der Waals surface area contributed by atoms with Gasteiger partial charge in [-0.1, -0.05) is 35.9 Å². The molecule has 0 bridgehead atoms. The fourth-order valence-electron chi connectivity index (χ4n) is 3.86. The average molecular weight is 458 g/mol. The van der Waals surface area contributed by atoms with Crippen LogP contribution >= 0.6 is 0 Å². The summed E-state index contributed by atoms with van der Waals surface area (Å²) in [5.74, 6) is 0.820. The fourth-order valence-corrected chi connectivity index (χ4v) is 3.86. The second-order valence-electron chi connectivity index (χ2n) is 8.08. The van der Waals surface area contributed by atoms with Gasteiger partial charge in [-0.15, -0.1) is 0 Å². The van der Waals surface area contributed by atoms with Crippen molar-refractivity contribution in [2.24, 2.45) is 0 Å². The van der Waals surface area contributed by atoms with Gasteiger partial charge < -0.3 is 14.8 Å². The van der Waals surface area contributed by atoms with Crippen LogP contribution in [0.15, 0.2) is 70.4 Å². The molecule has 9 heteroatoms. The van der Waals surface area contributed by atoms with E-state index in [4.69, 9.17) is 9.47 Å². The maximum Gasteiger partial charge on any atom is 0.332 e. The molecule has 9 nitrogen and oxygen atoms in total. The van der Waals surface area contributed by atoms with E-state index >= 15 is 0 Å². The van der Waals surface area contributed by atoms with Crippen LogP contribution in [0, 0.1) is 6.92 Å². The number of nitrogens with zero attached hydrogens (tertiary/aromatic N) is 3. The molecular formula is C25H22N4O5. The maximum atomic E-state index is 13.4. The molecule has 0 spiro atoms. The van der Waals surface area contributed by atoms with E-state index in [1.165, 1.54) is 10.8 Å². The highest BCUT2D eigenvalue weighted by Gasteiger charge is 2.18. The van der Waals surface area contributed by atoms with Gasteiger partial charge >= 0.3 is 5.69 Å². The first kappa shape index (κ1) is 21.4. The maximum absolute atomic E-state index is 13.4. The molecule has 0 aliphatic carbocycles. The number of rotatable bonds is 6. The monoisotopic (exact) mass is 458 g/mol. The van der Waals surface area contributed by atoms with E-state index in [0.717, 1.165) is 15.7 Å². The van der Waals surface area contributed by atoms with E-state index in [0.29, 0.717) is 29.1 Å². The molecule has 0 saturated heterocycles. The van der Waals surface area contributed by atoms with Gasteiger partial charge in [-0.2, -0.15) is 0 Å². The molecule has 0 unspecified atom stereocenters. The number of aryl methyl sites for hydroxylation is 1. The molecule has 1 N–H and O–H groups in total. The summed E-state index contributed by atoms with van der Waals surface area (Å²) in [7, 11) is 0. The second-order valence-corrected chi connectivity index (χ2v) is 8.08. The molecule has 0 fully saturated rings. The van der Waals surface area contributed by atoms with Crippen LogP contribution < -0.4 is 26.0 Å². The van der Waals surface area contributed by atoms with Crippen LogP contribution in [0.5, 0.6) is 11.5 Å². The minimum absolute atomic E-state index is 0.00576. The molecule has 4 aromatic rings. The summed E-state index contributed by atoms with van der Waals surface area (Å²) in [6, 6.07) is 16.3. The molecule has 0 atom stereocenters. The Kier molecular flexibility index (Phi) is 5.59. The first-order valence-corrected chi connectivity index (χ1v) is 10.8. The van der Waals surface area contributed by atoms with Crippen molar-refractivity contribution in [1.82, 2.24) is 19.4 Å². The Balaban J connectivity index is 1.46. The molecule has 1 amide bonds. The van der Waals surface area contributed by atoms with Crippen LogP contribution in [0.2, 0.25) is 0 Å². The highest BCUT2D eigenvalue weighted by molar-refractivity contribution is 5.79. The zero-order valence-corrected chi connectivity index (χ0v) is 18.5. The molecule has 34 heavy (non-hydrogen) atoms. The highest BCUT2D eigenvalue weighted by Crippen LogP contribution is 2.32. The van der Waals surface area contributed by atoms with Crippen molar-refractivity contribution in [3.05, 3.63) is 98.3 Å². The summed E-state index contributed by atoms with van der Waals surface area (Å²) in [4.78, 5) is 43.3. The van der Waals surface area contributed by atoms with Gasteiger partial charge in [0.2, 0.25) is 12.7 Å². The molecular weight excluding hydrogens is 436 g/mol. The number of carbonyl (C=O) groups excluding carboxylic acids is 1. The topological polar surface area (TPSA) is 104 Å². The molecule has 5 rings (SSSR count). The normalized spacial score (nSPS) is 12.1. The number of ether oxygens (including phenoxy) is 2. The summed E-state index contributed by atoms with van der Waals surface area (Å²) in [5, 5.41) is 2.83. The summed E-state index contributed by atoms with van der Waals surface area (Å²) in [5.41, 5.74) is 2.09. The van der Waals surface area contributed by atoms with E-state index in [9.17, 15) is 14.4 Å². The smallest absolute Gasteiger partial charge is 0.332 e. The lowest BCUT2D eigenvalue weighted by Crippen LogP contribution is -2.43. The lowest BCUT2D eigenvalue weighted by molar-refractivity contribution is -0.121. The summed E-state index contributed by atoms with van der Waals surface area (Å²) in [6.45, 7) is 2.22. The van der Waals surface area contributed by atoms with Crippen molar-refractivity contribution in [2.75, 3.05) is 6.79 Å². The molecule has 172 valence electrons. The third kappa shape index (κ3) is 4.15. The van der Waals surface area contributed by atoms with Crippen LogP contribution in [0.3, 0.4) is 0 Å². The van der Waals surface area contributed by atoms with Crippen LogP contribution in [-0.2, 0) is 24.4 Å². The summed E-state index contributed by atoms with van der Waals surface area (Å²) < 4.78 is 13.1. The Labute approximate surface area is 194 Å². The van der Waals surface area contributed by atoms with Gasteiger partial charge in [0.15, 0.2) is 17.0 Å².